The number of anilines is 1. The molecule has 4 aliphatic heterocycles. The molecule has 0 bridgehead atoms. The second-order valence-corrected chi connectivity index (χ2v) is 9.23. The Labute approximate surface area is 173 Å². The maximum absolute atomic E-state index is 14.1. The molecule has 2 spiro atoms. The van der Waals surface area contributed by atoms with Gasteiger partial charge in [0.25, 0.3) is 5.91 Å². The Hall–Kier alpha value is -2.64. The average Bonchev–Trinajstić information content (AvgIpc) is 3.44. The number of amides is 2. The highest BCUT2D eigenvalue weighted by atomic mass is 32.2. The highest BCUT2D eigenvalue weighted by molar-refractivity contribution is 8.16. The van der Waals surface area contributed by atoms with Gasteiger partial charge in [-0.1, -0.05) is 60.3 Å². The second kappa shape index (κ2) is 5.70. The largest absolute Gasteiger partial charge is 0.324 e. The second-order valence-electron chi connectivity index (χ2n) is 8.01. The van der Waals surface area contributed by atoms with Crippen molar-refractivity contribution in [3.63, 3.8) is 0 Å². The van der Waals surface area contributed by atoms with Crippen molar-refractivity contribution in [3.8, 4) is 0 Å². The van der Waals surface area contributed by atoms with Gasteiger partial charge in [-0.2, -0.15) is 0 Å². The molecule has 0 aromatic heterocycles. The normalized spacial score (nSPS) is 32.8. The maximum atomic E-state index is 14.1. The van der Waals surface area contributed by atoms with Gasteiger partial charge in [0, 0.05) is 30.3 Å². The first-order chi connectivity index (χ1) is 14.1. The fraction of sp³-hybridized carbons (Fsp3) is 0.318. The van der Waals surface area contributed by atoms with Crippen LogP contribution in [-0.4, -0.2) is 58.2 Å². The van der Waals surface area contributed by atoms with Crippen molar-refractivity contribution in [3.05, 3.63) is 65.7 Å². The summed E-state index contributed by atoms with van der Waals surface area (Å²) in [4.78, 5) is 36.2. The van der Waals surface area contributed by atoms with Gasteiger partial charge in [-0.05, 0) is 18.7 Å². The summed E-state index contributed by atoms with van der Waals surface area (Å²) in [5.74, 6) is -0.248. The number of carbonyl (C=O) groups excluding carboxylic acids is 2. The van der Waals surface area contributed by atoms with Crippen LogP contribution < -0.4 is 5.32 Å². The van der Waals surface area contributed by atoms with Crippen LogP contribution in [0.1, 0.15) is 17.0 Å². The van der Waals surface area contributed by atoms with Crippen molar-refractivity contribution in [2.45, 2.75) is 16.2 Å². The van der Waals surface area contributed by atoms with E-state index in [1.165, 1.54) is 11.8 Å². The van der Waals surface area contributed by atoms with Gasteiger partial charge < -0.3 is 5.32 Å². The number of thioether (sulfide) groups is 1. The number of nitrogens with one attached hydrogen (secondary N) is 1. The van der Waals surface area contributed by atoms with Crippen molar-refractivity contribution >= 4 is 34.4 Å². The smallest absolute Gasteiger partial charge is 0.251 e. The number of aliphatic imine (C=N–C) groups is 1. The quantitative estimate of drug-likeness (QED) is 0.792. The number of fused-ring (bicyclic) bond motifs is 4. The molecule has 146 valence electrons. The van der Waals surface area contributed by atoms with Crippen molar-refractivity contribution in [2.75, 3.05) is 32.0 Å². The minimum absolute atomic E-state index is 0.00352. The lowest BCUT2D eigenvalue weighted by molar-refractivity contribution is -0.138. The van der Waals surface area contributed by atoms with Gasteiger partial charge >= 0.3 is 0 Å². The molecule has 1 N–H and O–H groups in total. The number of para-hydroxylation sites is 1. The van der Waals surface area contributed by atoms with Crippen LogP contribution in [-0.2, 0) is 15.1 Å². The molecule has 2 amide bonds. The van der Waals surface area contributed by atoms with Gasteiger partial charge in [-0.15, -0.1) is 0 Å². The summed E-state index contributed by atoms with van der Waals surface area (Å²) in [5.41, 5.74) is 1.68. The zero-order chi connectivity index (χ0) is 19.8. The lowest BCUT2D eigenvalue weighted by Gasteiger charge is -2.41. The van der Waals surface area contributed by atoms with Crippen molar-refractivity contribution in [2.24, 2.45) is 4.99 Å². The maximum Gasteiger partial charge on any atom is 0.251 e. The minimum Gasteiger partial charge on any atom is -0.324 e. The van der Waals surface area contributed by atoms with E-state index in [-0.39, 0.29) is 17.7 Å². The van der Waals surface area contributed by atoms with Crippen molar-refractivity contribution < 1.29 is 9.59 Å². The van der Waals surface area contributed by atoms with E-state index in [9.17, 15) is 9.59 Å². The number of hydrogen-bond donors (Lipinski definition) is 1. The first-order valence-corrected chi connectivity index (χ1v) is 10.6. The number of benzene rings is 2. The van der Waals surface area contributed by atoms with Crippen molar-refractivity contribution in [1.82, 2.24) is 9.80 Å². The monoisotopic (exact) mass is 404 g/mol. The van der Waals surface area contributed by atoms with E-state index in [1.807, 2.05) is 49.5 Å². The van der Waals surface area contributed by atoms with Crippen LogP contribution in [0, 0.1) is 0 Å². The van der Waals surface area contributed by atoms with Crippen LogP contribution in [0.3, 0.4) is 0 Å². The molecular formula is C22H20N4O2S. The summed E-state index contributed by atoms with van der Waals surface area (Å²) in [6.07, 6.45) is 0. The van der Waals surface area contributed by atoms with Gasteiger partial charge in [-0.3, -0.25) is 24.4 Å². The summed E-state index contributed by atoms with van der Waals surface area (Å²) in [7, 11) is 1.96. The van der Waals surface area contributed by atoms with E-state index in [0.717, 1.165) is 22.0 Å². The molecule has 7 heteroatoms. The molecule has 4 heterocycles. The topological polar surface area (TPSA) is 65.0 Å². The van der Waals surface area contributed by atoms with Crippen LogP contribution in [0.15, 0.2) is 59.6 Å². The van der Waals surface area contributed by atoms with E-state index >= 15 is 0 Å². The van der Waals surface area contributed by atoms with Crippen LogP contribution in [0.2, 0.25) is 0 Å². The third-order valence-corrected chi connectivity index (χ3v) is 8.38. The van der Waals surface area contributed by atoms with Crippen LogP contribution >= 0.6 is 11.8 Å². The van der Waals surface area contributed by atoms with E-state index in [1.54, 1.807) is 4.90 Å². The molecule has 6 nitrogen and oxygen atoms in total. The van der Waals surface area contributed by atoms with Gasteiger partial charge in [0.2, 0.25) is 5.91 Å². The molecular weight excluding hydrogens is 384 g/mol. The first-order valence-electron chi connectivity index (χ1n) is 9.83. The Morgan fingerprint density at radius 1 is 1.10 bits per heavy atom. The predicted octanol–water partition coefficient (Wildman–Crippen LogP) is 2.25. The summed E-state index contributed by atoms with van der Waals surface area (Å²) in [6, 6.07) is 17.9. The lowest BCUT2D eigenvalue weighted by atomic mass is 9.72. The van der Waals surface area contributed by atoms with Crippen LogP contribution in [0.5, 0.6) is 0 Å². The number of likely N-dealkylation sites (N-methyl/N-ethyl adjacent to an activating group) is 1. The molecule has 0 aliphatic carbocycles. The highest BCUT2D eigenvalue weighted by Gasteiger charge is 2.78. The zero-order valence-electron chi connectivity index (χ0n) is 16.0. The molecule has 2 saturated heterocycles. The third kappa shape index (κ3) is 1.86. The summed E-state index contributed by atoms with van der Waals surface area (Å²) < 4.78 is -0.987. The summed E-state index contributed by atoms with van der Waals surface area (Å²) >= 11 is 1.49. The van der Waals surface area contributed by atoms with E-state index < -0.39 is 10.3 Å². The molecule has 29 heavy (non-hydrogen) atoms. The van der Waals surface area contributed by atoms with E-state index in [4.69, 9.17) is 0 Å². The van der Waals surface area contributed by atoms with E-state index in [2.05, 4.69) is 27.3 Å². The predicted molar refractivity (Wildman–Crippen MR) is 113 cm³/mol. The fourth-order valence-electron chi connectivity index (χ4n) is 5.63. The van der Waals surface area contributed by atoms with E-state index in [0.29, 0.717) is 19.6 Å². The SMILES string of the molecule is CN1C[C@H](c2ccccc2)[C@]2(SC3=NCCN3C2=O)[C@]12C(=O)Nc1ccccc12. The van der Waals surface area contributed by atoms with Gasteiger partial charge in [0.05, 0.1) is 6.54 Å². The molecule has 0 unspecified atom stereocenters. The Morgan fingerprint density at radius 3 is 2.66 bits per heavy atom. The van der Waals surface area contributed by atoms with Gasteiger partial charge in [0.15, 0.2) is 10.7 Å². The van der Waals surface area contributed by atoms with Gasteiger partial charge in [0.1, 0.15) is 4.75 Å². The third-order valence-electron chi connectivity index (χ3n) is 6.77. The minimum atomic E-state index is -1.07. The zero-order valence-corrected chi connectivity index (χ0v) is 16.8. The van der Waals surface area contributed by atoms with Crippen molar-refractivity contribution in [1.29, 1.82) is 0 Å². The number of hydrogen-bond acceptors (Lipinski definition) is 5. The number of rotatable bonds is 1. The average molecular weight is 404 g/mol. The lowest BCUT2D eigenvalue weighted by Crippen LogP contribution is -2.61. The molecule has 6 rings (SSSR count). The molecule has 2 aromatic carbocycles. The van der Waals surface area contributed by atoms with Crippen LogP contribution in [0.25, 0.3) is 0 Å². The summed E-state index contributed by atoms with van der Waals surface area (Å²) in [5, 5.41) is 3.82. The molecule has 3 atom stereocenters. The molecule has 2 aromatic rings. The fourth-order valence-corrected chi connectivity index (χ4v) is 7.42. The Balaban J connectivity index is 1.67. The molecule has 2 fully saturated rings. The number of amidine groups is 1. The Morgan fingerprint density at radius 2 is 1.86 bits per heavy atom. The number of likely N-dealkylation sites (tertiary alicyclic amines) is 1. The number of nitrogens with zero attached hydrogens (tertiary/aromatic N) is 3. The molecule has 0 radical (unpaired) electrons. The standard InChI is InChI=1S/C22H20N4O2S/c1-25-13-16(14-7-3-2-4-8-14)22(19(28)26-12-11-23-20(26)29-22)21(25)15-9-5-6-10-17(15)24-18(21)27/h2-10,16H,11-13H2,1H3,(H,24,27)/t16-,21+,22-/m1/s1. The first kappa shape index (κ1) is 17.2. The molecule has 4 aliphatic rings. The highest BCUT2D eigenvalue weighted by Crippen LogP contribution is 2.65. The Kier molecular flexibility index (Phi) is 3.39. The number of carbonyl (C=O) groups is 2. The molecule has 0 saturated carbocycles. The van der Waals surface area contributed by atoms with Gasteiger partial charge in [-0.25, -0.2) is 0 Å². The Bertz CT molecular complexity index is 1090. The summed E-state index contributed by atoms with van der Waals surface area (Å²) in [6.45, 7) is 1.84. The van der Waals surface area contributed by atoms with Crippen LogP contribution in [0.4, 0.5) is 5.69 Å².